The lowest BCUT2D eigenvalue weighted by Gasteiger charge is -2.26. The average Bonchev–Trinajstić information content (AvgIpc) is 3.13. The summed E-state index contributed by atoms with van der Waals surface area (Å²) >= 11 is 0. The van der Waals surface area contributed by atoms with Crippen LogP contribution in [0.5, 0.6) is 0 Å². The number of hydrogen-bond donors (Lipinski definition) is 0. The summed E-state index contributed by atoms with van der Waals surface area (Å²) in [4.78, 5) is 0.403. The van der Waals surface area contributed by atoms with Crippen LogP contribution in [-0.2, 0) is 9.84 Å². The number of hydrogen-bond acceptors (Lipinski definition) is 3. The van der Waals surface area contributed by atoms with Gasteiger partial charge in [-0.1, -0.05) is 6.07 Å². The number of nitriles is 1. The third-order valence-electron chi connectivity index (χ3n) is 3.78. The van der Waals surface area contributed by atoms with Crippen LogP contribution in [0.1, 0.15) is 36.3 Å². The van der Waals surface area contributed by atoms with Crippen LogP contribution < -0.4 is 0 Å². The second-order valence-electron chi connectivity index (χ2n) is 4.88. The van der Waals surface area contributed by atoms with Crippen LogP contribution >= 0.6 is 0 Å². The Hall–Kier alpha value is -1.34. The molecule has 0 saturated heterocycles. The van der Waals surface area contributed by atoms with Gasteiger partial charge in [0.2, 0.25) is 0 Å². The van der Waals surface area contributed by atoms with Crippen molar-refractivity contribution in [2.45, 2.75) is 30.1 Å². The molecule has 1 heterocycles. The Labute approximate surface area is 101 Å². The Kier molecular flexibility index (Phi) is 2.27. The van der Waals surface area contributed by atoms with Crippen molar-refractivity contribution in [3.63, 3.8) is 0 Å². The zero-order valence-electron chi connectivity index (χ0n) is 9.39. The molecule has 3 nitrogen and oxygen atoms in total. The maximum Gasteiger partial charge on any atom is 0.178 e. The zero-order valence-corrected chi connectivity index (χ0v) is 10.2. The highest BCUT2D eigenvalue weighted by molar-refractivity contribution is 7.91. The Bertz CT molecular complexity index is 609. The van der Waals surface area contributed by atoms with Crippen LogP contribution in [0.15, 0.2) is 23.1 Å². The molecular formula is C13H13NO2S. The van der Waals surface area contributed by atoms with E-state index in [-0.39, 0.29) is 11.7 Å². The lowest BCUT2D eigenvalue weighted by molar-refractivity contribution is 0.533. The molecule has 0 amide bonds. The zero-order chi connectivity index (χ0) is 12.0. The van der Waals surface area contributed by atoms with Gasteiger partial charge in [-0.05, 0) is 48.8 Å². The van der Waals surface area contributed by atoms with Gasteiger partial charge in [0.15, 0.2) is 9.84 Å². The molecule has 2 aliphatic rings. The topological polar surface area (TPSA) is 57.9 Å². The average molecular weight is 247 g/mol. The van der Waals surface area contributed by atoms with Crippen LogP contribution in [0.4, 0.5) is 0 Å². The molecule has 17 heavy (non-hydrogen) atoms. The van der Waals surface area contributed by atoms with Crippen molar-refractivity contribution < 1.29 is 8.42 Å². The summed E-state index contributed by atoms with van der Waals surface area (Å²) in [5, 5.41) is 9.14. The SMILES string of the molecule is N#Cc1cccc2c1C(C1CC1)CCS2(=O)=O. The number of sulfone groups is 1. The third kappa shape index (κ3) is 1.66. The molecule has 1 aliphatic heterocycles. The number of fused-ring (bicyclic) bond motifs is 1. The molecule has 0 bridgehead atoms. The molecule has 3 rings (SSSR count). The number of nitrogens with zero attached hydrogens (tertiary/aromatic N) is 1. The molecule has 1 aliphatic carbocycles. The Morgan fingerprint density at radius 3 is 2.65 bits per heavy atom. The Morgan fingerprint density at radius 2 is 2.00 bits per heavy atom. The highest BCUT2D eigenvalue weighted by atomic mass is 32.2. The normalized spacial score (nSPS) is 25.9. The lowest BCUT2D eigenvalue weighted by Crippen LogP contribution is -2.22. The minimum atomic E-state index is -3.16. The van der Waals surface area contributed by atoms with Crippen molar-refractivity contribution in [1.82, 2.24) is 0 Å². The van der Waals surface area contributed by atoms with Gasteiger partial charge in [-0.25, -0.2) is 8.42 Å². The van der Waals surface area contributed by atoms with Crippen molar-refractivity contribution in [2.24, 2.45) is 5.92 Å². The largest absolute Gasteiger partial charge is 0.224 e. The van der Waals surface area contributed by atoms with E-state index in [1.807, 2.05) is 0 Å². The highest BCUT2D eigenvalue weighted by Crippen LogP contribution is 2.49. The molecule has 0 N–H and O–H groups in total. The Balaban J connectivity index is 2.25. The van der Waals surface area contributed by atoms with Crippen molar-refractivity contribution >= 4 is 9.84 Å². The van der Waals surface area contributed by atoms with Gasteiger partial charge in [-0.3, -0.25) is 0 Å². The van der Waals surface area contributed by atoms with E-state index < -0.39 is 9.84 Å². The van der Waals surface area contributed by atoms with Gasteiger partial charge in [0, 0.05) is 0 Å². The first-order valence-electron chi connectivity index (χ1n) is 5.89. The summed E-state index contributed by atoms with van der Waals surface area (Å²) < 4.78 is 24.0. The standard InChI is InChI=1S/C13H13NO2S/c14-8-10-2-1-3-12-13(10)11(9-4-5-9)6-7-17(12,15)16/h1-3,9,11H,4-7H2. The first-order valence-corrected chi connectivity index (χ1v) is 7.54. The maximum absolute atomic E-state index is 12.0. The first-order chi connectivity index (χ1) is 8.13. The minimum absolute atomic E-state index is 0.232. The second-order valence-corrected chi connectivity index (χ2v) is 6.96. The molecule has 1 aromatic rings. The van der Waals surface area contributed by atoms with E-state index in [9.17, 15) is 8.42 Å². The fraction of sp³-hybridized carbons (Fsp3) is 0.462. The fourth-order valence-corrected chi connectivity index (χ4v) is 4.47. The summed E-state index contributed by atoms with van der Waals surface area (Å²) in [5.74, 6) is 1.11. The van der Waals surface area contributed by atoms with Crippen molar-refractivity contribution in [3.05, 3.63) is 29.3 Å². The monoisotopic (exact) mass is 247 g/mol. The van der Waals surface area contributed by atoms with Crippen LogP contribution in [0.2, 0.25) is 0 Å². The van der Waals surface area contributed by atoms with E-state index in [4.69, 9.17) is 5.26 Å². The van der Waals surface area contributed by atoms with E-state index in [0.717, 1.165) is 5.56 Å². The second kappa shape index (κ2) is 3.58. The van der Waals surface area contributed by atoms with E-state index in [2.05, 4.69) is 6.07 Å². The maximum atomic E-state index is 12.0. The molecular weight excluding hydrogens is 234 g/mol. The molecule has 1 aromatic carbocycles. The molecule has 1 atom stereocenters. The number of rotatable bonds is 1. The molecule has 1 fully saturated rings. The smallest absolute Gasteiger partial charge is 0.178 e. The van der Waals surface area contributed by atoms with Gasteiger partial charge in [-0.15, -0.1) is 0 Å². The van der Waals surface area contributed by atoms with E-state index >= 15 is 0 Å². The predicted octanol–water partition coefficient (Wildman–Crippen LogP) is 2.23. The van der Waals surface area contributed by atoms with E-state index in [1.54, 1.807) is 18.2 Å². The summed E-state index contributed by atoms with van der Waals surface area (Å²) in [5.41, 5.74) is 1.34. The van der Waals surface area contributed by atoms with Gasteiger partial charge in [-0.2, -0.15) is 5.26 Å². The van der Waals surface area contributed by atoms with Crippen LogP contribution in [0.25, 0.3) is 0 Å². The van der Waals surface area contributed by atoms with Crippen molar-refractivity contribution in [1.29, 1.82) is 5.26 Å². The molecule has 1 unspecified atom stereocenters. The molecule has 0 spiro atoms. The van der Waals surface area contributed by atoms with Gasteiger partial charge in [0.05, 0.1) is 22.3 Å². The first kappa shape index (κ1) is 10.8. The molecule has 0 aromatic heterocycles. The number of benzene rings is 1. The van der Waals surface area contributed by atoms with Gasteiger partial charge in [0.1, 0.15) is 0 Å². The summed E-state index contributed by atoms with van der Waals surface area (Å²) in [6.45, 7) is 0. The van der Waals surface area contributed by atoms with Crippen LogP contribution in [-0.4, -0.2) is 14.2 Å². The summed E-state index contributed by atoms with van der Waals surface area (Å²) in [6, 6.07) is 7.20. The fourth-order valence-electron chi connectivity index (χ4n) is 2.80. The quantitative estimate of drug-likeness (QED) is 0.764. The van der Waals surface area contributed by atoms with Crippen LogP contribution in [0, 0.1) is 17.2 Å². The van der Waals surface area contributed by atoms with Crippen LogP contribution in [0.3, 0.4) is 0 Å². The molecule has 88 valence electrons. The molecule has 0 radical (unpaired) electrons. The predicted molar refractivity (Wildman–Crippen MR) is 63.3 cm³/mol. The minimum Gasteiger partial charge on any atom is -0.224 e. The van der Waals surface area contributed by atoms with E-state index in [1.165, 1.54) is 12.8 Å². The van der Waals surface area contributed by atoms with Crippen molar-refractivity contribution in [2.75, 3.05) is 5.75 Å². The summed E-state index contributed by atoms with van der Waals surface area (Å²) in [7, 11) is -3.16. The lowest BCUT2D eigenvalue weighted by atomic mass is 9.88. The third-order valence-corrected chi connectivity index (χ3v) is 5.58. The van der Waals surface area contributed by atoms with Gasteiger partial charge in [0.25, 0.3) is 0 Å². The van der Waals surface area contributed by atoms with Gasteiger partial charge < -0.3 is 0 Å². The Morgan fingerprint density at radius 1 is 1.24 bits per heavy atom. The highest BCUT2D eigenvalue weighted by Gasteiger charge is 2.40. The van der Waals surface area contributed by atoms with Crippen molar-refractivity contribution in [3.8, 4) is 6.07 Å². The van der Waals surface area contributed by atoms with Gasteiger partial charge >= 0.3 is 0 Å². The summed E-state index contributed by atoms with van der Waals surface area (Å²) in [6.07, 6.45) is 3.02. The molecule has 1 saturated carbocycles. The van der Waals surface area contributed by atoms with E-state index in [0.29, 0.717) is 22.8 Å². The molecule has 4 heteroatoms.